The maximum Gasteiger partial charge on any atom is 0.229 e. The Labute approximate surface area is 126 Å². The van der Waals surface area contributed by atoms with Crippen molar-refractivity contribution in [2.75, 3.05) is 5.75 Å². The lowest BCUT2D eigenvalue weighted by Gasteiger charge is -2.30. The monoisotopic (exact) mass is 304 g/mol. The molecule has 1 heterocycles. The molecule has 2 unspecified atom stereocenters. The van der Waals surface area contributed by atoms with E-state index in [1.54, 1.807) is 18.7 Å². The van der Waals surface area contributed by atoms with E-state index in [1.807, 2.05) is 12.1 Å². The molecule has 0 fully saturated rings. The van der Waals surface area contributed by atoms with Crippen LogP contribution in [0.25, 0.3) is 0 Å². The van der Waals surface area contributed by atoms with Crippen molar-refractivity contribution in [1.29, 1.82) is 0 Å². The summed E-state index contributed by atoms with van der Waals surface area (Å²) in [5.41, 5.74) is 11.7. The Balaban J connectivity index is 2.42. The van der Waals surface area contributed by atoms with Gasteiger partial charge < -0.3 is 11.5 Å². The highest BCUT2D eigenvalue weighted by atomic mass is 32.2. The third-order valence-corrected chi connectivity index (χ3v) is 5.66. The van der Waals surface area contributed by atoms with Gasteiger partial charge in [-0.1, -0.05) is 6.07 Å². The Morgan fingerprint density at radius 1 is 1.33 bits per heavy atom. The molecule has 2 atom stereocenters. The van der Waals surface area contributed by atoms with Crippen LogP contribution in [0.4, 0.5) is 0 Å². The van der Waals surface area contributed by atoms with Crippen LogP contribution in [-0.4, -0.2) is 23.4 Å². The Hall–Kier alpha value is -1.82. The van der Waals surface area contributed by atoms with Crippen molar-refractivity contribution in [1.82, 2.24) is 0 Å². The quantitative estimate of drug-likeness (QED) is 0.792. The van der Waals surface area contributed by atoms with Gasteiger partial charge in [0, 0.05) is 10.5 Å². The Morgan fingerprint density at radius 3 is 2.67 bits per heavy atom. The minimum absolute atomic E-state index is 0.363. The van der Waals surface area contributed by atoms with Gasteiger partial charge in [-0.15, -0.1) is 11.8 Å². The second-order valence-corrected chi connectivity index (χ2v) is 6.75. The van der Waals surface area contributed by atoms with Crippen LogP contribution in [0.3, 0.4) is 0 Å². The van der Waals surface area contributed by atoms with Crippen molar-refractivity contribution in [3.63, 3.8) is 0 Å². The van der Waals surface area contributed by atoms with Crippen LogP contribution in [-0.2, 0) is 15.0 Å². The lowest BCUT2D eigenvalue weighted by molar-refractivity contribution is -0.131. The Kier molecular flexibility index (Phi) is 3.09. The summed E-state index contributed by atoms with van der Waals surface area (Å²) in [6.45, 7) is 1.80. The maximum absolute atomic E-state index is 12.7. The first kappa shape index (κ1) is 14.1. The molecule has 2 amide bonds. The molecule has 1 aliphatic heterocycles. The molecule has 0 spiro atoms. The third-order valence-electron chi connectivity index (χ3n) is 4.52. The lowest BCUT2D eigenvalue weighted by atomic mass is 9.70. The lowest BCUT2D eigenvalue weighted by Crippen LogP contribution is -2.51. The zero-order valence-electron chi connectivity index (χ0n) is 11.6. The summed E-state index contributed by atoms with van der Waals surface area (Å²) in [6, 6.07) is 3.75. The first-order chi connectivity index (χ1) is 9.91. The van der Waals surface area contributed by atoms with E-state index >= 15 is 0 Å². The van der Waals surface area contributed by atoms with Crippen molar-refractivity contribution < 1.29 is 14.4 Å². The number of Topliss-reactive ketones (excluding diaryl/α,β-unsaturated/α-hetero) is 1. The average molecular weight is 304 g/mol. The first-order valence-electron chi connectivity index (χ1n) is 6.81. The van der Waals surface area contributed by atoms with Crippen molar-refractivity contribution in [3.8, 4) is 0 Å². The molecule has 0 radical (unpaired) electrons. The molecule has 0 aromatic heterocycles. The standard InChI is InChI=1S/C15H16N2O3S/c1-7-3-4-8-10-9(7)12(18)11(13(16)19)15(10,14(17)20)5-2-6-21-8/h3-4,11H,2,5-6H2,1H3,(H2,16,19)(H2,17,20). The topological polar surface area (TPSA) is 103 Å². The number of primary amides is 2. The summed E-state index contributed by atoms with van der Waals surface area (Å²) >= 11 is 1.60. The average Bonchev–Trinajstić information content (AvgIpc) is 2.55. The van der Waals surface area contributed by atoms with E-state index in [9.17, 15) is 14.4 Å². The number of amides is 2. The summed E-state index contributed by atoms with van der Waals surface area (Å²) in [5, 5.41) is 0. The van der Waals surface area contributed by atoms with Gasteiger partial charge in [0.2, 0.25) is 11.8 Å². The molecule has 2 aliphatic rings. The van der Waals surface area contributed by atoms with E-state index < -0.39 is 23.1 Å². The molecule has 0 bridgehead atoms. The molecular weight excluding hydrogens is 288 g/mol. The number of thioether (sulfide) groups is 1. The van der Waals surface area contributed by atoms with Crippen LogP contribution >= 0.6 is 11.8 Å². The van der Waals surface area contributed by atoms with Crippen molar-refractivity contribution >= 4 is 29.4 Å². The molecular formula is C15H16N2O3S. The van der Waals surface area contributed by atoms with Crippen LogP contribution in [0.1, 0.15) is 34.3 Å². The van der Waals surface area contributed by atoms with Gasteiger partial charge in [-0.05, 0) is 42.7 Å². The van der Waals surface area contributed by atoms with E-state index in [2.05, 4.69) is 0 Å². The highest BCUT2D eigenvalue weighted by Gasteiger charge is 2.60. The number of carbonyl (C=O) groups is 3. The van der Waals surface area contributed by atoms with Gasteiger partial charge in [0.25, 0.3) is 0 Å². The molecule has 0 saturated heterocycles. The molecule has 1 aromatic carbocycles. The molecule has 4 N–H and O–H groups in total. The maximum atomic E-state index is 12.7. The first-order valence-corrected chi connectivity index (χ1v) is 7.80. The van der Waals surface area contributed by atoms with E-state index in [0.29, 0.717) is 24.0 Å². The molecule has 5 nitrogen and oxygen atoms in total. The highest BCUT2D eigenvalue weighted by Crippen LogP contribution is 2.52. The van der Waals surface area contributed by atoms with Crippen molar-refractivity contribution in [2.24, 2.45) is 17.4 Å². The van der Waals surface area contributed by atoms with Gasteiger partial charge in [-0.25, -0.2) is 0 Å². The zero-order valence-corrected chi connectivity index (χ0v) is 12.5. The number of benzene rings is 1. The summed E-state index contributed by atoms with van der Waals surface area (Å²) in [7, 11) is 0. The highest BCUT2D eigenvalue weighted by molar-refractivity contribution is 7.99. The second-order valence-electron chi connectivity index (χ2n) is 5.62. The molecule has 0 saturated carbocycles. The molecule has 3 rings (SSSR count). The molecule has 6 heteroatoms. The van der Waals surface area contributed by atoms with Crippen LogP contribution in [0.15, 0.2) is 17.0 Å². The third kappa shape index (κ3) is 1.68. The van der Waals surface area contributed by atoms with Gasteiger partial charge >= 0.3 is 0 Å². The molecule has 1 aromatic rings. The van der Waals surface area contributed by atoms with Gasteiger partial charge in [-0.3, -0.25) is 14.4 Å². The van der Waals surface area contributed by atoms with Crippen molar-refractivity contribution in [2.45, 2.75) is 30.1 Å². The van der Waals surface area contributed by atoms with Crippen molar-refractivity contribution in [3.05, 3.63) is 28.8 Å². The summed E-state index contributed by atoms with van der Waals surface area (Å²) < 4.78 is 0. The smallest absolute Gasteiger partial charge is 0.229 e. The number of carbonyl (C=O) groups excluding carboxylic acids is 3. The predicted molar refractivity (Wildman–Crippen MR) is 79.0 cm³/mol. The fourth-order valence-corrected chi connectivity index (χ4v) is 4.75. The fourth-order valence-electron chi connectivity index (χ4n) is 3.64. The van der Waals surface area contributed by atoms with Crippen LogP contribution < -0.4 is 11.5 Å². The van der Waals surface area contributed by atoms with E-state index in [1.165, 1.54) is 0 Å². The minimum Gasteiger partial charge on any atom is -0.369 e. The normalized spacial score (nSPS) is 27.1. The molecule has 1 aliphatic carbocycles. The minimum atomic E-state index is -1.27. The summed E-state index contributed by atoms with van der Waals surface area (Å²) in [4.78, 5) is 37.8. The number of aryl methyl sites for hydroxylation is 1. The molecule has 21 heavy (non-hydrogen) atoms. The van der Waals surface area contributed by atoms with Crippen LogP contribution in [0.5, 0.6) is 0 Å². The van der Waals surface area contributed by atoms with Gasteiger partial charge in [0.1, 0.15) is 5.92 Å². The van der Waals surface area contributed by atoms with E-state index in [-0.39, 0.29) is 5.78 Å². The van der Waals surface area contributed by atoms with E-state index in [0.717, 1.165) is 16.2 Å². The number of ketones is 1. The number of hydrogen-bond donors (Lipinski definition) is 2. The van der Waals surface area contributed by atoms with E-state index in [4.69, 9.17) is 11.5 Å². The predicted octanol–water partition coefficient (Wildman–Crippen LogP) is 0.902. The summed E-state index contributed by atoms with van der Waals surface area (Å²) in [5.74, 6) is -2.12. The molecule has 110 valence electrons. The fraction of sp³-hybridized carbons (Fsp3) is 0.400. The number of rotatable bonds is 2. The Bertz CT molecular complexity index is 686. The van der Waals surface area contributed by atoms with Gasteiger partial charge in [0.15, 0.2) is 5.78 Å². The summed E-state index contributed by atoms with van der Waals surface area (Å²) in [6.07, 6.45) is 1.09. The Morgan fingerprint density at radius 2 is 2.05 bits per heavy atom. The van der Waals surface area contributed by atoms with Gasteiger partial charge in [-0.2, -0.15) is 0 Å². The van der Waals surface area contributed by atoms with Crippen LogP contribution in [0.2, 0.25) is 0 Å². The van der Waals surface area contributed by atoms with Crippen LogP contribution in [0, 0.1) is 12.8 Å². The largest absolute Gasteiger partial charge is 0.369 e. The second kappa shape index (κ2) is 4.59. The number of hydrogen-bond acceptors (Lipinski definition) is 4. The zero-order chi connectivity index (χ0) is 15.4. The number of nitrogens with two attached hydrogens (primary N) is 2. The SMILES string of the molecule is Cc1ccc2c3c1C(=O)C(C(N)=O)C3(C(N)=O)CCCS2. The van der Waals surface area contributed by atoms with Gasteiger partial charge in [0.05, 0.1) is 5.41 Å².